The van der Waals surface area contributed by atoms with Crippen molar-refractivity contribution in [3.05, 3.63) is 29.6 Å². The number of hydrogen-bond donors (Lipinski definition) is 4. The van der Waals surface area contributed by atoms with Crippen molar-refractivity contribution < 1.29 is 19.2 Å². The molecule has 0 bridgehead atoms. The summed E-state index contributed by atoms with van der Waals surface area (Å²) in [5.41, 5.74) is -0.819. The Bertz CT molecular complexity index is 688. The predicted molar refractivity (Wildman–Crippen MR) is 105 cm³/mol. The Kier molecular flexibility index (Phi) is 7.66. The summed E-state index contributed by atoms with van der Waals surface area (Å²) >= 11 is 0. The van der Waals surface area contributed by atoms with E-state index in [-0.39, 0.29) is 36.3 Å². The highest BCUT2D eigenvalue weighted by atomic mass is 16.2. The Balaban J connectivity index is 2.63. The summed E-state index contributed by atoms with van der Waals surface area (Å²) in [6, 6.07) is 4.36. The fourth-order valence-corrected chi connectivity index (χ4v) is 2.11. The average Bonchev–Trinajstić information content (AvgIpc) is 2.54. The van der Waals surface area contributed by atoms with E-state index >= 15 is 0 Å². The van der Waals surface area contributed by atoms with Gasteiger partial charge in [-0.15, -0.1) is 0 Å². The molecule has 1 aromatic rings. The van der Waals surface area contributed by atoms with Gasteiger partial charge in [0.1, 0.15) is 11.4 Å². The fourth-order valence-electron chi connectivity index (χ4n) is 2.11. The number of pyridine rings is 1. The molecule has 0 unspecified atom stereocenters. The van der Waals surface area contributed by atoms with Crippen molar-refractivity contribution >= 4 is 23.6 Å². The summed E-state index contributed by atoms with van der Waals surface area (Å²) in [5, 5.41) is 10.4. The molecule has 0 saturated carbocycles. The minimum Gasteiger partial charge on any atom is -0.350 e. The van der Waals surface area contributed by atoms with Crippen LogP contribution in [-0.2, 0) is 9.59 Å². The van der Waals surface area contributed by atoms with E-state index in [9.17, 15) is 19.2 Å². The van der Waals surface area contributed by atoms with Crippen LogP contribution in [0.15, 0.2) is 18.2 Å². The molecule has 9 nitrogen and oxygen atoms in total. The van der Waals surface area contributed by atoms with E-state index in [2.05, 4.69) is 26.3 Å². The average molecular weight is 391 g/mol. The van der Waals surface area contributed by atoms with Crippen LogP contribution in [0.2, 0.25) is 0 Å². The van der Waals surface area contributed by atoms with Crippen molar-refractivity contribution in [3.63, 3.8) is 0 Å². The van der Waals surface area contributed by atoms with Crippen LogP contribution in [0.4, 0.5) is 0 Å². The predicted octanol–water partition coefficient (Wildman–Crippen LogP) is 0.371. The van der Waals surface area contributed by atoms with Gasteiger partial charge in [-0.05, 0) is 53.7 Å². The SMILES string of the molecule is CC(C)(C)NC(=O)CNC(=O)c1cccc(C(=O)NCC(=O)NC(C)(C)C)n1. The summed E-state index contributed by atoms with van der Waals surface area (Å²) < 4.78 is 0. The number of nitrogens with one attached hydrogen (secondary N) is 4. The number of rotatable bonds is 6. The van der Waals surface area contributed by atoms with E-state index in [4.69, 9.17) is 0 Å². The molecule has 28 heavy (non-hydrogen) atoms. The highest BCUT2D eigenvalue weighted by Crippen LogP contribution is 2.01. The Labute approximate surface area is 165 Å². The lowest BCUT2D eigenvalue weighted by molar-refractivity contribution is -0.122. The van der Waals surface area contributed by atoms with Crippen LogP contribution in [0.1, 0.15) is 62.5 Å². The van der Waals surface area contributed by atoms with E-state index in [0.717, 1.165) is 0 Å². The van der Waals surface area contributed by atoms with Crippen LogP contribution in [-0.4, -0.2) is 52.8 Å². The summed E-state index contributed by atoms with van der Waals surface area (Å²) in [6.07, 6.45) is 0. The number of hydrogen-bond acceptors (Lipinski definition) is 5. The molecule has 0 aliphatic heterocycles. The molecule has 4 amide bonds. The molecule has 0 atom stereocenters. The van der Waals surface area contributed by atoms with Gasteiger partial charge < -0.3 is 21.3 Å². The largest absolute Gasteiger partial charge is 0.350 e. The maximum Gasteiger partial charge on any atom is 0.270 e. The standard InChI is InChI=1S/C19H29N5O4/c1-18(2,3)23-14(25)10-20-16(27)12-8-7-9-13(22-12)17(28)21-11-15(26)24-19(4,5)6/h7-9H,10-11H2,1-6H3,(H,20,27)(H,21,28)(H,23,25)(H,24,26). The molecule has 0 aliphatic carbocycles. The van der Waals surface area contributed by atoms with Crippen molar-refractivity contribution in [1.82, 2.24) is 26.3 Å². The van der Waals surface area contributed by atoms with E-state index in [1.807, 2.05) is 41.5 Å². The Hall–Kier alpha value is -2.97. The maximum atomic E-state index is 12.2. The maximum absolute atomic E-state index is 12.2. The molecule has 1 aromatic heterocycles. The van der Waals surface area contributed by atoms with E-state index in [1.54, 1.807) is 0 Å². The molecule has 0 spiro atoms. The third-order valence-electron chi connectivity index (χ3n) is 3.06. The van der Waals surface area contributed by atoms with Gasteiger partial charge in [0.05, 0.1) is 13.1 Å². The van der Waals surface area contributed by atoms with Crippen LogP contribution in [0, 0.1) is 0 Å². The molecule has 1 rings (SSSR count). The van der Waals surface area contributed by atoms with Crippen molar-refractivity contribution in [2.45, 2.75) is 52.6 Å². The van der Waals surface area contributed by atoms with Crippen LogP contribution in [0.3, 0.4) is 0 Å². The number of carbonyl (C=O) groups excluding carboxylic acids is 4. The van der Waals surface area contributed by atoms with Gasteiger partial charge in [0.15, 0.2) is 0 Å². The second-order valence-corrected chi connectivity index (χ2v) is 8.37. The minimum atomic E-state index is -0.579. The van der Waals surface area contributed by atoms with E-state index in [0.29, 0.717) is 0 Å². The van der Waals surface area contributed by atoms with Crippen LogP contribution >= 0.6 is 0 Å². The molecule has 0 saturated heterocycles. The zero-order valence-corrected chi connectivity index (χ0v) is 17.2. The number of nitrogens with zero attached hydrogens (tertiary/aromatic N) is 1. The lowest BCUT2D eigenvalue weighted by Gasteiger charge is -2.20. The number of carbonyl (C=O) groups is 4. The van der Waals surface area contributed by atoms with Crippen LogP contribution in [0.25, 0.3) is 0 Å². The first-order valence-corrected chi connectivity index (χ1v) is 8.92. The first kappa shape index (κ1) is 23.1. The third kappa shape index (κ3) is 9.11. The van der Waals surface area contributed by atoms with Gasteiger partial charge in [0.25, 0.3) is 11.8 Å². The monoisotopic (exact) mass is 391 g/mol. The summed E-state index contributed by atoms with van der Waals surface area (Å²) in [4.78, 5) is 51.9. The highest BCUT2D eigenvalue weighted by Gasteiger charge is 2.18. The van der Waals surface area contributed by atoms with Crippen LogP contribution in [0.5, 0.6) is 0 Å². The summed E-state index contributed by atoms with van der Waals surface area (Å²) in [7, 11) is 0. The highest BCUT2D eigenvalue weighted by molar-refractivity contribution is 5.98. The van der Waals surface area contributed by atoms with Gasteiger partial charge in [-0.3, -0.25) is 19.2 Å². The molecule has 4 N–H and O–H groups in total. The summed E-state index contributed by atoms with van der Waals surface area (Å²) in [6.45, 7) is 10.6. The Morgan fingerprint density at radius 3 is 1.43 bits per heavy atom. The molecule has 0 radical (unpaired) electrons. The molecular weight excluding hydrogens is 362 g/mol. The third-order valence-corrected chi connectivity index (χ3v) is 3.06. The summed E-state index contributed by atoms with van der Waals surface area (Å²) in [5.74, 6) is -1.83. The molecule has 0 aliphatic rings. The van der Waals surface area contributed by atoms with Crippen molar-refractivity contribution in [1.29, 1.82) is 0 Å². The zero-order chi connectivity index (χ0) is 21.5. The van der Waals surface area contributed by atoms with Gasteiger partial charge in [0.2, 0.25) is 11.8 Å². The molecule has 154 valence electrons. The van der Waals surface area contributed by atoms with Gasteiger partial charge in [-0.25, -0.2) is 4.98 Å². The molecule has 1 heterocycles. The minimum absolute atomic E-state index is 0.00430. The van der Waals surface area contributed by atoms with Crippen LogP contribution < -0.4 is 21.3 Å². The molecule has 0 fully saturated rings. The quantitative estimate of drug-likeness (QED) is 0.557. The first-order chi connectivity index (χ1) is 12.8. The van der Waals surface area contributed by atoms with Gasteiger partial charge in [0, 0.05) is 11.1 Å². The van der Waals surface area contributed by atoms with Gasteiger partial charge >= 0.3 is 0 Å². The smallest absolute Gasteiger partial charge is 0.270 e. The number of aromatic nitrogens is 1. The Morgan fingerprint density at radius 1 is 0.750 bits per heavy atom. The lowest BCUT2D eigenvalue weighted by atomic mass is 10.1. The van der Waals surface area contributed by atoms with Gasteiger partial charge in [-0.1, -0.05) is 6.07 Å². The van der Waals surface area contributed by atoms with Gasteiger partial charge in [-0.2, -0.15) is 0 Å². The molecule has 0 aromatic carbocycles. The van der Waals surface area contributed by atoms with E-state index < -0.39 is 22.9 Å². The van der Waals surface area contributed by atoms with E-state index in [1.165, 1.54) is 18.2 Å². The normalized spacial score (nSPS) is 11.4. The lowest BCUT2D eigenvalue weighted by Crippen LogP contribution is -2.46. The van der Waals surface area contributed by atoms with Crippen molar-refractivity contribution in [2.75, 3.05) is 13.1 Å². The molecule has 9 heteroatoms. The second-order valence-electron chi connectivity index (χ2n) is 8.37. The second kappa shape index (κ2) is 9.29. The number of amides is 4. The first-order valence-electron chi connectivity index (χ1n) is 8.92. The van der Waals surface area contributed by atoms with Crippen molar-refractivity contribution in [2.24, 2.45) is 0 Å². The molecular formula is C19H29N5O4. The Morgan fingerprint density at radius 2 is 1.11 bits per heavy atom. The topological polar surface area (TPSA) is 129 Å². The fraction of sp³-hybridized carbons (Fsp3) is 0.526. The zero-order valence-electron chi connectivity index (χ0n) is 17.2. The van der Waals surface area contributed by atoms with Crippen molar-refractivity contribution in [3.8, 4) is 0 Å².